The molecule has 0 saturated carbocycles. The Labute approximate surface area is 332 Å². The van der Waals surface area contributed by atoms with E-state index in [4.69, 9.17) is 45.6 Å². The van der Waals surface area contributed by atoms with Gasteiger partial charge in [-0.25, -0.2) is 4.79 Å². The number of amides is 2. The van der Waals surface area contributed by atoms with Gasteiger partial charge >= 0.3 is 11.9 Å². The van der Waals surface area contributed by atoms with E-state index in [1.165, 1.54) is 20.3 Å². The van der Waals surface area contributed by atoms with Gasteiger partial charge in [-0.1, -0.05) is 86.4 Å². The average molecular weight is 798 g/mol. The third kappa shape index (κ3) is 13.0. The molecule has 0 aliphatic carbocycles. The van der Waals surface area contributed by atoms with Crippen molar-refractivity contribution in [1.29, 1.82) is 0 Å². The van der Waals surface area contributed by atoms with Crippen molar-refractivity contribution in [2.45, 2.75) is 96.2 Å². The molecule has 2 aromatic carbocycles. The van der Waals surface area contributed by atoms with Gasteiger partial charge in [0.15, 0.2) is 6.10 Å². The Morgan fingerprint density at radius 2 is 1.77 bits per heavy atom. The molecule has 2 aromatic rings. The second kappa shape index (κ2) is 22.2. The second-order valence-electron chi connectivity index (χ2n) is 14.2. The highest BCUT2D eigenvalue weighted by atomic mass is 35.5. The van der Waals surface area contributed by atoms with Crippen LogP contribution in [0.4, 0.5) is 0 Å². The van der Waals surface area contributed by atoms with Crippen molar-refractivity contribution in [1.82, 2.24) is 10.6 Å². The van der Waals surface area contributed by atoms with Crippen LogP contribution in [0.25, 0.3) is 10.4 Å². The molecule has 1 unspecified atom stereocenters. The Morgan fingerprint density at radius 1 is 1.00 bits per heavy atom. The second-order valence-corrected chi connectivity index (χ2v) is 14.7. The van der Waals surface area contributed by atoms with Gasteiger partial charge in [-0.3, -0.25) is 14.4 Å². The number of carbonyl (C=O) groups excluding carboxylic acids is 4. The zero-order chi connectivity index (χ0) is 40.6. The smallest absolute Gasteiger partial charge is 0.347 e. The van der Waals surface area contributed by atoms with Crippen molar-refractivity contribution in [2.24, 2.45) is 22.9 Å². The number of rotatable bonds is 14. The normalized spacial score (nSPS) is 26.3. The molecule has 16 heteroatoms. The molecule has 2 heterocycles. The van der Waals surface area contributed by atoms with Crippen molar-refractivity contribution < 1.29 is 47.6 Å². The summed E-state index contributed by atoms with van der Waals surface area (Å²) in [7, 11) is 2.95. The van der Waals surface area contributed by atoms with Crippen LogP contribution in [0.15, 0.2) is 65.8 Å². The van der Waals surface area contributed by atoms with Crippen LogP contribution < -0.4 is 15.4 Å². The average Bonchev–Trinajstić information content (AvgIpc) is 3.62. The fraction of sp³-hybridized carbons (Fsp3) is 0.550. The number of nitrogens with one attached hydrogen (secondary N) is 2. The number of hydrogen-bond donors (Lipinski definition) is 2. The first-order valence-electron chi connectivity index (χ1n) is 18.8. The first kappa shape index (κ1) is 44.1. The minimum Gasteiger partial charge on any atom is -0.495 e. The molecule has 2 aliphatic heterocycles. The summed E-state index contributed by atoms with van der Waals surface area (Å²) >= 11 is 6.37. The molecule has 2 amide bonds. The lowest BCUT2D eigenvalue weighted by Gasteiger charge is -2.31. The maximum atomic E-state index is 14.0. The first-order valence-corrected chi connectivity index (χ1v) is 19.2. The van der Waals surface area contributed by atoms with Crippen LogP contribution in [0.3, 0.4) is 0 Å². The summed E-state index contributed by atoms with van der Waals surface area (Å²) in [5.74, 6) is -3.56. The molecule has 1 fully saturated rings. The number of halogens is 1. The quantitative estimate of drug-likeness (QED) is 0.0737. The maximum Gasteiger partial charge on any atom is 0.347 e. The lowest BCUT2D eigenvalue weighted by molar-refractivity contribution is -0.233. The SMILES string of the molecule is COc1ccc(C[C@H]2NC(=O)/C=C/C[C@@H]([C@H](C)[C@H]3OC(OC)O[C@@H]3c3ccccc3)OC(=O)[C@H](CC(C)C)OC(=O)[C@H](CCCCN=[N+]=[N-])CNC2=O)cc1Cl. The van der Waals surface area contributed by atoms with Gasteiger partial charge in [0.05, 0.1) is 24.2 Å². The Hall–Kier alpha value is -4.66. The van der Waals surface area contributed by atoms with Gasteiger partial charge in [-0.15, -0.1) is 0 Å². The number of hydrogen-bond acceptors (Lipinski definition) is 11. The van der Waals surface area contributed by atoms with E-state index in [0.717, 1.165) is 5.56 Å². The minimum absolute atomic E-state index is 0.0592. The maximum absolute atomic E-state index is 14.0. The summed E-state index contributed by atoms with van der Waals surface area (Å²) in [6.07, 6.45) is 1.04. The number of unbranched alkanes of at least 4 members (excludes halogenated alkanes) is 1. The number of azide groups is 1. The van der Waals surface area contributed by atoms with E-state index in [1.807, 2.05) is 51.1 Å². The summed E-state index contributed by atoms with van der Waals surface area (Å²) in [6.45, 7) is 4.74. The zero-order valence-corrected chi connectivity index (χ0v) is 33.2. The molecule has 15 nitrogen and oxygen atoms in total. The van der Waals surface area contributed by atoms with Crippen molar-refractivity contribution in [3.05, 3.63) is 87.3 Å². The lowest BCUT2D eigenvalue weighted by Crippen LogP contribution is -2.49. The van der Waals surface area contributed by atoms with Crippen molar-refractivity contribution in [3.63, 3.8) is 0 Å². The molecule has 304 valence electrons. The van der Waals surface area contributed by atoms with Gasteiger partial charge in [-0.05, 0) is 60.0 Å². The molecular weight excluding hydrogens is 746 g/mol. The number of nitrogens with zero attached hydrogens (tertiary/aromatic N) is 3. The number of methoxy groups -OCH3 is 2. The highest BCUT2D eigenvalue weighted by Gasteiger charge is 2.44. The van der Waals surface area contributed by atoms with Crippen LogP contribution in [0.2, 0.25) is 5.02 Å². The van der Waals surface area contributed by atoms with Crippen LogP contribution in [-0.4, -0.2) is 81.9 Å². The molecule has 0 aromatic heterocycles. The summed E-state index contributed by atoms with van der Waals surface area (Å²) in [4.78, 5) is 57.8. The molecule has 1 saturated heterocycles. The van der Waals surface area contributed by atoms with E-state index in [2.05, 4.69) is 20.7 Å². The van der Waals surface area contributed by atoms with Gasteiger partial charge in [0.25, 0.3) is 6.48 Å². The van der Waals surface area contributed by atoms with E-state index in [0.29, 0.717) is 29.2 Å². The van der Waals surface area contributed by atoms with Gasteiger partial charge in [-0.2, -0.15) is 0 Å². The lowest BCUT2D eigenvalue weighted by atomic mass is 9.89. The van der Waals surface area contributed by atoms with Crippen LogP contribution in [0, 0.1) is 17.8 Å². The predicted molar refractivity (Wildman–Crippen MR) is 206 cm³/mol. The fourth-order valence-electron chi connectivity index (χ4n) is 6.59. The molecule has 56 heavy (non-hydrogen) atoms. The molecule has 0 spiro atoms. The van der Waals surface area contributed by atoms with Gasteiger partial charge in [0, 0.05) is 43.9 Å². The molecule has 0 radical (unpaired) electrons. The number of esters is 2. The number of ether oxygens (including phenoxy) is 6. The largest absolute Gasteiger partial charge is 0.495 e. The predicted octanol–water partition coefficient (Wildman–Crippen LogP) is 6.14. The third-order valence-corrected chi connectivity index (χ3v) is 9.93. The Balaban J connectivity index is 1.68. The topological polar surface area (TPSA) is 196 Å². The molecule has 0 bridgehead atoms. The Bertz CT molecular complexity index is 1710. The number of cyclic esters (lactones) is 2. The van der Waals surface area contributed by atoms with E-state index in [1.54, 1.807) is 24.3 Å². The number of benzene rings is 2. The highest BCUT2D eigenvalue weighted by Crippen LogP contribution is 2.39. The summed E-state index contributed by atoms with van der Waals surface area (Å²) in [5.41, 5.74) is 10.2. The zero-order valence-electron chi connectivity index (χ0n) is 32.4. The monoisotopic (exact) mass is 797 g/mol. The molecule has 4 rings (SSSR count). The summed E-state index contributed by atoms with van der Waals surface area (Å²) in [5, 5.41) is 9.47. The third-order valence-electron chi connectivity index (χ3n) is 9.63. The Kier molecular flexibility index (Phi) is 17.4. The molecule has 2 aliphatic rings. The van der Waals surface area contributed by atoms with Crippen LogP contribution >= 0.6 is 11.6 Å². The van der Waals surface area contributed by atoms with E-state index >= 15 is 0 Å². The molecule has 8 atom stereocenters. The number of carbonyl (C=O) groups is 4. The van der Waals surface area contributed by atoms with Crippen LogP contribution in [-0.2, 0) is 49.3 Å². The van der Waals surface area contributed by atoms with Crippen molar-refractivity contribution in [3.8, 4) is 5.75 Å². The molecular formula is C40H52ClN5O10. The van der Waals surface area contributed by atoms with Crippen molar-refractivity contribution in [2.75, 3.05) is 27.3 Å². The van der Waals surface area contributed by atoms with Gasteiger partial charge in [0.1, 0.15) is 24.0 Å². The highest BCUT2D eigenvalue weighted by molar-refractivity contribution is 6.32. The minimum atomic E-state index is -1.26. The molecule has 2 N–H and O–H groups in total. The standard InChI is InChI=1S/C40H52ClN5O10/c1-24(2)20-33-39(50)53-31(25(3)35-36(56-40(52-5)55-35)27-12-7-6-8-13-27)15-11-16-34(47)45-30(22-26-17-18-32(51-4)29(41)21-26)37(48)43-23-28(38(49)54-33)14-9-10-19-44-46-42/h6-8,11-13,16-18,21,24-25,28,30-31,33,35-36,40H,9-10,14-15,19-20,22-23H2,1-5H3,(H,43,48)(H,45,47)/b16-11+/t25-,28+,30+,31-,33-,35+,36+,40?/m0/s1. The van der Waals surface area contributed by atoms with E-state index in [9.17, 15) is 19.2 Å². The van der Waals surface area contributed by atoms with E-state index in [-0.39, 0.29) is 44.7 Å². The van der Waals surface area contributed by atoms with Crippen LogP contribution in [0.5, 0.6) is 5.75 Å². The van der Waals surface area contributed by atoms with Crippen molar-refractivity contribution >= 4 is 35.4 Å². The van der Waals surface area contributed by atoms with Gasteiger partial charge < -0.3 is 39.1 Å². The Morgan fingerprint density at radius 3 is 2.45 bits per heavy atom. The van der Waals surface area contributed by atoms with Crippen LogP contribution in [0.1, 0.15) is 70.1 Å². The first-order chi connectivity index (χ1) is 26.9. The summed E-state index contributed by atoms with van der Waals surface area (Å²) < 4.78 is 35.0. The van der Waals surface area contributed by atoms with Gasteiger partial charge in [0.2, 0.25) is 11.8 Å². The fourth-order valence-corrected chi connectivity index (χ4v) is 6.87. The van der Waals surface area contributed by atoms with E-state index < -0.39 is 72.5 Å². The summed E-state index contributed by atoms with van der Waals surface area (Å²) in [6, 6.07) is 13.4.